The molecule has 0 aromatic rings. The highest BCUT2D eigenvalue weighted by molar-refractivity contribution is 7.81. The van der Waals surface area contributed by atoms with E-state index in [1.54, 1.807) is 0 Å². The van der Waals surface area contributed by atoms with E-state index in [9.17, 15) is 4.79 Å². The van der Waals surface area contributed by atoms with Crippen LogP contribution in [0.5, 0.6) is 0 Å². The van der Waals surface area contributed by atoms with E-state index in [1.165, 1.54) is 0 Å². The molecule has 0 bridgehead atoms. The lowest BCUT2D eigenvalue weighted by Crippen LogP contribution is -2.25. The molecular weight excluding hydrogens is 184 g/mol. The second kappa shape index (κ2) is 5.32. The summed E-state index contributed by atoms with van der Waals surface area (Å²) in [6.45, 7) is 4.24. The van der Waals surface area contributed by atoms with Crippen LogP contribution in [0.4, 0.5) is 0 Å². The fraction of sp³-hybridized carbons (Fsp3) is 0.700. The van der Waals surface area contributed by atoms with E-state index in [0.717, 1.165) is 25.7 Å². The lowest BCUT2D eigenvalue weighted by Gasteiger charge is -2.22. The average Bonchev–Trinajstić information content (AvgIpc) is 2.54. The molecule has 1 aliphatic rings. The van der Waals surface area contributed by atoms with Crippen LogP contribution in [0.3, 0.4) is 0 Å². The van der Waals surface area contributed by atoms with E-state index in [0.29, 0.717) is 12.4 Å². The van der Waals surface area contributed by atoms with Crippen molar-refractivity contribution in [2.45, 2.75) is 37.0 Å². The predicted octanol–water partition coefficient (Wildman–Crippen LogP) is 2.20. The fourth-order valence-corrected chi connectivity index (χ4v) is 2.47. The third-order valence-electron chi connectivity index (χ3n) is 2.64. The molecule has 0 heterocycles. The van der Waals surface area contributed by atoms with E-state index in [2.05, 4.69) is 19.2 Å². The van der Waals surface area contributed by atoms with E-state index < -0.39 is 0 Å². The van der Waals surface area contributed by atoms with Crippen molar-refractivity contribution < 1.29 is 9.53 Å². The molecule has 3 unspecified atom stereocenters. The summed E-state index contributed by atoms with van der Waals surface area (Å²) in [6, 6.07) is 0. The lowest BCUT2D eigenvalue weighted by atomic mass is 9.99. The van der Waals surface area contributed by atoms with Crippen LogP contribution in [0.2, 0.25) is 0 Å². The number of ether oxygens (including phenoxy) is 1. The van der Waals surface area contributed by atoms with Crippen LogP contribution in [0.1, 0.15) is 25.7 Å². The Morgan fingerprint density at radius 3 is 3.00 bits per heavy atom. The van der Waals surface area contributed by atoms with Crippen LogP contribution in [-0.2, 0) is 9.53 Å². The van der Waals surface area contributed by atoms with Gasteiger partial charge in [0.25, 0.3) is 6.47 Å². The smallest absolute Gasteiger partial charge is 0.293 e. The topological polar surface area (TPSA) is 26.3 Å². The molecule has 0 N–H and O–H groups in total. The first-order valence-corrected chi connectivity index (χ1v) is 5.19. The summed E-state index contributed by atoms with van der Waals surface area (Å²) >= 11 is 4.49. The number of hydrogen-bond donors (Lipinski definition) is 1. The zero-order chi connectivity index (χ0) is 9.68. The molecule has 0 saturated heterocycles. The van der Waals surface area contributed by atoms with Gasteiger partial charge in [0.15, 0.2) is 0 Å². The molecular formula is C10H16O2S. The molecule has 1 rings (SSSR count). The monoisotopic (exact) mass is 200 g/mol. The van der Waals surface area contributed by atoms with Crippen LogP contribution >= 0.6 is 12.6 Å². The molecule has 0 spiro atoms. The van der Waals surface area contributed by atoms with Crippen molar-refractivity contribution in [3.05, 3.63) is 12.7 Å². The summed E-state index contributed by atoms with van der Waals surface area (Å²) in [7, 11) is 0. The summed E-state index contributed by atoms with van der Waals surface area (Å²) in [6.07, 6.45) is 6.07. The van der Waals surface area contributed by atoms with Crippen LogP contribution in [0.15, 0.2) is 12.7 Å². The lowest BCUT2D eigenvalue weighted by molar-refractivity contribution is -0.135. The molecule has 74 valence electrons. The Morgan fingerprint density at radius 1 is 1.62 bits per heavy atom. The minimum Gasteiger partial charge on any atom is -0.464 e. The van der Waals surface area contributed by atoms with E-state index >= 15 is 0 Å². The molecule has 0 aromatic carbocycles. The molecule has 1 saturated carbocycles. The predicted molar refractivity (Wildman–Crippen MR) is 55.9 cm³/mol. The van der Waals surface area contributed by atoms with Gasteiger partial charge in [-0.1, -0.05) is 6.08 Å². The van der Waals surface area contributed by atoms with Gasteiger partial charge in [-0.15, -0.1) is 6.58 Å². The Labute approximate surface area is 84.8 Å². The minimum absolute atomic E-state index is 0.0833. The van der Waals surface area contributed by atoms with Crippen molar-refractivity contribution in [2.75, 3.05) is 0 Å². The van der Waals surface area contributed by atoms with Gasteiger partial charge in [-0.3, -0.25) is 4.79 Å². The molecule has 3 atom stereocenters. The van der Waals surface area contributed by atoms with Crippen molar-refractivity contribution in [1.29, 1.82) is 0 Å². The molecule has 2 nitrogen and oxygen atoms in total. The molecule has 3 heteroatoms. The zero-order valence-corrected chi connectivity index (χ0v) is 8.58. The first kappa shape index (κ1) is 10.6. The van der Waals surface area contributed by atoms with Gasteiger partial charge in [-0.2, -0.15) is 12.6 Å². The molecule has 0 aromatic heterocycles. The largest absolute Gasteiger partial charge is 0.464 e. The van der Waals surface area contributed by atoms with Crippen molar-refractivity contribution in [2.24, 2.45) is 5.92 Å². The summed E-state index contributed by atoms with van der Waals surface area (Å²) in [4.78, 5) is 10.2. The summed E-state index contributed by atoms with van der Waals surface area (Å²) < 4.78 is 5.02. The van der Waals surface area contributed by atoms with Crippen molar-refractivity contribution in [3.8, 4) is 0 Å². The number of carbonyl (C=O) groups is 1. The maximum absolute atomic E-state index is 10.2. The Bertz CT molecular complexity index is 182. The van der Waals surface area contributed by atoms with Gasteiger partial charge in [0.1, 0.15) is 6.10 Å². The van der Waals surface area contributed by atoms with Gasteiger partial charge >= 0.3 is 0 Å². The second-order valence-corrected chi connectivity index (χ2v) is 4.12. The number of allylic oxidation sites excluding steroid dienone is 1. The number of carbonyl (C=O) groups excluding carboxylic acids is 1. The fourth-order valence-electron chi connectivity index (χ4n) is 1.98. The maximum atomic E-state index is 10.2. The first-order valence-electron chi connectivity index (χ1n) is 4.67. The molecule has 0 amide bonds. The maximum Gasteiger partial charge on any atom is 0.293 e. The molecule has 13 heavy (non-hydrogen) atoms. The normalized spacial score (nSPS) is 29.6. The van der Waals surface area contributed by atoms with Crippen LogP contribution < -0.4 is 0 Å². The highest BCUT2D eigenvalue weighted by atomic mass is 32.1. The second-order valence-electron chi connectivity index (χ2n) is 3.46. The third-order valence-corrected chi connectivity index (χ3v) is 3.23. The van der Waals surface area contributed by atoms with E-state index in [-0.39, 0.29) is 11.4 Å². The molecule has 0 radical (unpaired) electrons. The van der Waals surface area contributed by atoms with Crippen molar-refractivity contribution >= 4 is 19.1 Å². The minimum atomic E-state index is 0.0833. The van der Waals surface area contributed by atoms with Crippen LogP contribution in [0.25, 0.3) is 0 Å². The van der Waals surface area contributed by atoms with Crippen LogP contribution in [0, 0.1) is 5.92 Å². The Hall–Kier alpha value is -0.440. The highest BCUT2D eigenvalue weighted by Gasteiger charge is 2.32. The summed E-state index contributed by atoms with van der Waals surface area (Å²) in [5.41, 5.74) is 0. The van der Waals surface area contributed by atoms with Gasteiger partial charge in [0, 0.05) is 11.2 Å². The molecule has 1 aliphatic carbocycles. The van der Waals surface area contributed by atoms with E-state index in [4.69, 9.17) is 4.74 Å². The van der Waals surface area contributed by atoms with Gasteiger partial charge in [0.05, 0.1) is 0 Å². The average molecular weight is 200 g/mol. The zero-order valence-electron chi connectivity index (χ0n) is 7.69. The number of rotatable bonds is 5. The standard InChI is InChI=1S/C10H16O2S/c1-2-4-10(13)8-5-3-6-9(8)12-7-11/h2,7-10,13H,1,3-6H2. The SMILES string of the molecule is C=CCC(S)C1CCCC1OC=O. The van der Waals surface area contributed by atoms with Crippen molar-refractivity contribution in [1.82, 2.24) is 0 Å². The van der Waals surface area contributed by atoms with E-state index in [1.807, 2.05) is 6.08 Å². The Morgan fingerprint density at radius 2 is 2.38 bits per heavy atom. The molecule has 0 aliphatic heterocycles. The summed E-state index contributed by atoms with van der Waals surface area (Å²) in [5.74, 6) is 0.409. The quantitative estimate of drug-likeness (QED) is 0.418. The Balaban J connectivity index is 2.46. The van der Waals surface area contributed by atoms with Gasteiger partial charge in [-0.25, -0.2) is 0 Å². The van der Waals surface area contributed by atoms with Gasteiger partial charge in [-0.05, 0) is 25.7 Å². The number of thiol groups is 1. The van der Waals surface area contributed by atoms with Crippen LogP contribution in [-0.4, -0.2) is 17.8 Å². The summed E-state index contributed by atoms with van der Waals surface area (Å²) in [5, 5.41) is 0.282. The Kier molecular flexibility index (Phi) is 4.36. The van der Waals surface area contributed by atoms with Gasteiger partial charge < -0.3 is 4.74 Å². The molecule has 1 fully saturated rings. The third kappa shape index (κ3) is 2.76. The first-order chi connectivity index (χ1) is 6.29. The van der Waals surface area contributed by atoms with Gasteiger partial charge in [0.2, 0.25) is 0 Å². The number of hydrogen-bond acceptors (Lipinski definition) is 3. The van der Waals surface area contributed by atoms with Crippen molar-refractivity contribution in [3.63, 3.8) is 0 Å². The highest BCUT2D eigenvalue weighted by Crippen LogP contribution is 2.34.